The van der Waals surface area contributed by atoms with E-state index in [2.05, 4.69) is 10.1 Å². The Morgan fingerprint density at radius 2 is 2.07 bits per heavy atom. The van der Waals surface area contributed by atoms with Crippen molar-refractivity contribution in [1.29, 1.82) is 0 Å². The molecule has 1 amide bonds. The number of amides is 1. The first kappa shape index (κ1) is 13.9. The standard InChI is InChI=1S/C10H20N2O3/c1-5-12(7-9(13)11-3)8(2)6-10(14)15-4/h8H,5-7H2,1-4H3,(H,11,13). The fourth-order valence-corrected chi connectivity index (χ4v) is 1.30. The number of likely N-dealkylation sites (N-methyl/N-ethyl adjacent to an activating group) is 2. The highest BCUT2D eigenvalue weighted by atomic mass is 16.5. The second-order valence-electron chi connectivity index (χ2n) is 3.37. The van der Waals surface area contributed by atoms with Crippen LogP contribution in [0.5, 0.6) is 0 Å². The van der Waals surface area contributed by atoms with Crippen molar-refractivity contribution in [3.63, 3.8) is 0 Å². The van der Waals surface area contributed by atoms with Crippen LogP contribution in [0.1, 0.15) is 20.3 Å². The Morgan fingerprint density at radius 3 is 2.47 bits per heavy atom. The van der Waals surface area contributed by atoms with Gasteiger partial charge in [-0.3, -0.25) is 14.5 Å². The molecule has 0 aromatic carbocycles. The van der Waals surface area contributed by atoms with Gasteiger partial charge in [-0.15, -0.1) is 0 Å². The lowest BCUT2D eigenvalue weighted by molar-refractivity contribution is -0.142. The maximum absolute atomic E-state index is 11.2. The van der Waals surface area contributed by atoms with Gasteiger partial charge in [0.1, 0.15) is 0 Å². The number of nitrogens with one attached hydrogen (secondary N) is 1. The molecule has 5 nitrogen and oxygen atoms in total. The molecule has 0 aliphatic carbocycles. The quantitative estimate of drug-likeness (QED) is 0.635. The van der Waals surface area contributed by atoms with Crippen LogP contribution in [0.4, 0.5) is 0 Å². The highest BCUT2D eigenvalue weighted by Crippen LogP contribution is 2.04. The molecule has 0 spiro atoms. The zero-order valence-corrected chi connectivity index (χ0v) is 9.87. The van der Waals surface area contributed by atoms with Gasteiger partial charge in [-0.25, -0.2) is 0 Å². The molecule has 0 saturated carbocycles. The molecule has 0 aliphatic heterocycles. The Morgan fingerprint density at radius 1 is 1.47 bits per heavy atom. The first-order chi connectivity index (χ1) is 7.04. The van der Waals surface area contributed by atoms with Crippen LogP contribution in [-0.4, -0.2) is 50.1 Å². The highest BCUT2D eigenvalue weighted by Gasteiger charge is 2.18. The molecule has 0 fully saturated rings. The molecule has 0 saturated heterocycles. The summed E-state index contributed by atoms with van der Waals surface area (Å²) >= 11 is 0. The Hall–Kier alpha value is -1.10. The molecule has 0 radical (unpaired) electrons. The Labute approximate surface area is 90.8 Å². The van der Waals surface area contributed by atoms with Crippen molar-refractivity contribution < 1.29 is 14.3 Å². The van der Waals surface area contributed by atoms with Gasteiger partial charge in [-0.2, -0.15) is 0 Å². The van der Waals surface area contributed by atoms with E-state index in [1.165, 1.54) is 7.11 Å². The van der Waals surface area contributed by atoms with Gasteiger partial charge in [0.25, 0.3) is 0 Å². The summed E-state index contributed by atoms with van der Waals surface area (Å²) in [5, 5.41) is 2.56. The number of carbonyl (C=O) groups is 2. The van der Waals surface area contributed by atoms with Crippen LogP contribution in [0.15, 0.2) is 0 Å². The number of hydrogen-bond acceptors (Lipinski definition) is 4. The number of rotatable bonds is 6. The van der Waals surface area contributed by atoms with Crippen molar-refractivity contribution in [2.24, 2.45) is 0 Å². The molecule has 0 aromatic heterocycles. The minimum absolute atomic E-state index is 0.0137. The average molecular weight is 216 g/mol. The normalized spacial score (nSPS) is 12.3. The molecule has 15 heavy (non-hydrogen) atoms. The van der Waals surface area contributed by atoms with Gasteiger partial charge in [0.15, 0.2) is 0 Å². The van der Waals surface area contributed by atoms with Crippen molar-refractivity contribution in [3.8, 4) is 0 Å². The summed E-state index contributed by atoms with van der Waals surface area (Å²) in [4.78, 5) is 24.1. The lowest BCUT2D eigenvalue weighted by Gasteiger charge is -2.25. The Balaban J connectivity index is 4.15. The molecule has 88 valence electrons. The van der Waals surface area contributed by atoms with E-state index in [-0.39, 0.29) is 17.9 Å². The lowest BCUT2D eigenvalue weighted by Crippen LogP contribution is -2.41. The van der Waals surface area contributed by atoms with Crippen molar-refractivity contribution in [2.45, 2.75) is 26.3 Å². The molecule has 0 heterocycles. The van der Waals surface area contributed by atoms with Crippen molar-refractivity contribution in [1.82, 2.24) is 10.2 Å². The molecule has 1 N–H and O–H groups in total. The number of hydrogen-bond donors (Lipinski definition) is 1. The van der Waals surface area contributed by atoms with Gasteiger partial charge >= 0.3 is 5.97 Å². The van der Waals surface area contributed by atoms with Crippen molar-refractivity contribution in [2.75, 3.05) is 27.2 Å². The number of esters is 1. The van der Waals surface area contributed by atoms with Crippen LogP contribution in [0.25, 0.3) is 0 Å². The first-order valence-electron chi connectivity index (χ1n) is 5.06. The summed E-state index contributed by atoms with van der Waals surface area (Å²) in [6, 6.07) is 0.0137. The molecule has 0 aromatic rings. The number of ether oxygens (including phenoxy) is 1. The summed E-state index contributed by atoms with van der Waals surface area (Å²) in [6.45, 7) is 4.90. The van der Waals surface area contributed by atoms with Crippen LogP contribution >= 0.6 is 0 Å². The molecular weight excluding hydrogens is 196 g/mol. The van der Waals surface area contributed by atoms with Gasteiger partial charge in [-0.05, 0) is 13.5 Å². The fourth-order valence-electron chi connectivity index (χ4n) is 1.30. The zero-order chi connectivity index (χ0) is 11.8. The fraction of sp³-hybridized carbons (Fsp3) is 0.800. The molecule has 0 rings (SSSR count). The maximum atomic E-state index is 11.2. The van der Waals surface area contributed by atoms with Gasteiger partial charge < -0.3 is 10.1 Å². The Bertz CT molecular complexity index is 219. The van der Waals surface area contributed by atoms with Gasteiger partial charge in [0.2, 0.25) is 5.91 Å². The molecule has 1 unspecified atom stereocenters. The summed E-state index contributed by atoms with van der Waals surface area (Å²) in [6.07, 6.45) is 0.307. The van der Waals surface area contributed by atoms with E-state index in [9.17, 15) is 9.59 Å². The molecular formula is C10H20N2O3. The third kappa shape index (κ3) is 5.37. The topological polar surface area (TPSA) is 58.6 Å². The van der Waals surface area contributed by atoms with E-state index in [4.69, 9.17) is 0 Å². The van der Waals surface area contributed by atoms with E-state index >= 15 is 0 Å². The maximum Gasteiger partial charge on any atom is 0.307 e. The zero-order valence-electron chi connectivity index (χ0n) is 9.87. The third-order valence-corrected chi connectivity index (χ3v) is 2.34. The van der Waals surface area contributed by atoms with E-state index in [0.717, 1.165) is 6.54 Å². The number of nitrogens with zero attached hydrogens (tertiary/aromatic N) is 1. The number of carbonyl (C=O) groups excluding carboxylic acids is 2. The molecule has 0 aliphatic rings. The van der Waals surface area contributed by atoms with Crippen LogP contribution in [0.2, 0.25) is 0 Å². The van der Waals surface area contributed by atoms with E-state index in [0.29, 0.717) is 13.0 Å². The largest absolute Gasteiger partial charge is 0.469 e. The van der Waals surface area contributed by atoms with E-state index < -0.39 is 0 Å². The summed E-state index contributed by atoms with van der Waals surface area (Å²) in [5.41, 5.74) is 0. The third-order valence-electron chi connectivity index (χ3n) is 2.34. The smallest absolute Gasteiger partial charge is 0.307 e. The monoisotopic (exact) mass is 216 g/mol. The van der Waals surface area contributed by atoms with Crippen molar-refractivity contribution >= 4 is 11.9 Å². The second-order valence-corrected chi connectivity index (χ2v) is 3.37. The van der Waals surface area contributed by atoms with Crippen LogP contribution in [-0.2, 0) is 14.3 Å². The number of methoxy groups -OCH3 is 1. The summed E-state index contributed by atoms with van der Waals surface area (Å²) in [5.74, 6) is -0.300. The summed E-state index contributed by atoms with van der Waals surface area (Å²) in [7, 11) is 2.96. The molecule has 0 bridgehead atoms. The van der Waals surface area contributed by atoms with Crippen LogP contribution in [0, 0.1) is 0 Å². The lowest BCUT2D eigenvalue weighted by atomic mass is 10.2. The predicted octanol–water partition coefficient (Wildman–Crippen LogP) is 0.00590. The van der Waals surface area contributed by atoms with E-state index in [1.54, 1.807) is 7.05 Å². The highest BCUT2D eigenvalue weighted by molar-refractivity contribution is 5.77. The second kappa shape index (κ2) is 7.23. The minimum Gasteiger partial charge on any atom is -0.469 e. The van der Waals surface area contributed by atoms with Crippen LogP contribution in [0.3, 0.4) is 0 Å². The minimum atomic E-state index is -0.252. The Kier molecular flexibility index (Phi) is 6.70. The molecule has 1 atom stereocenters. The summed E-state index contributed by atoms with van der Waals surface area (Å²) < 4.78 is 4.58. The van der Waals surface area contributed by atoms with Gasteiger partial charge in [-0.1, -0.05) is 6.92 Å². The van der Waals surface area contributed by atoms with E-state index in [1.807, 2.05) is 18.7 Å². The SMILES string of the molecule is CCN(CC(=O)NC)C(C)CC(=O)OC. The molecule has 5 heteroatoms. The van der Waals surface area contributed by atoms with Crippen molar-refractivity contribution in [3.05, 3.63) is 0 Å². The first-order valence-corrected chi connectivity index (χ1v) is 5.06. The van der Waals surface area contributed by atoms with Crippen LogP contribution < -0.4 is 5.32 Å². The van der Waals surface area contributed by atoms with Gasteiger partial charge in [0.05, 0.1) is 20.1 Å². The van der Waals surface area contributed by atoms with Gasteiger partial charge in [0, 0.05) is 13.1 Å². The predicted molar refractivity (Wildman–Crippen MR) is 57.4 cm³/mol. The average Bonchev–Trinajstić information content (AvgIpc) is 2.24.